The summed E-state index contributed by atoms with van der Waals surface area (Å²) in [5.74, 6) is 0.369. The van der Waals surface area contributed by atoms with Crippen LogP contribution in [-0.2, 0) is 13.6 Å². The molecule has 5 heteroatoms. The minimum atomic E-state index is -0.198. The van der Waals surface area contributed by atoms with Crippen molar-refractivity contribution in [3.8, 4) is 0 Å². The van der Waals surface area contributed by atoms with Gasteiger partial charge in [0.15, 0.2) is 0 Å². The van der Waals surface area contributed by atoms with E-state index in [2.05, 4.69) is 23.8 Å². The number of hydrogen-bond donors (Lipinski definition) is 1. The van der Waals surface area contributed by atoms with Crippen molar-refractivity contribution in [1.82, 2.24) is 14.7 Å². The maximum absolute atomic E-state index is 9.72. The van der Waals surface area contributed by atoms with Gasteiger partial charge in [-0.05, 0) is 25.3 Å². The highest BCUT2D eigenvalue weighted by Gasteiger charge is 2.23. The molecule has 1 aromatic rings. The quantitative estimate of drug-likeness (QED) is 0.916. The van der Waals surface area contributed by atoms with Crippen LogP contribution in [0.5, 0.6) is 0 Å². The zero-order valence-corrected chi connectivity index (χ0v) is 12.1. The molecule has 0 aliphatic carbocycles. The normalized spacial score (nSPS) is 21.8. The van der Waals surface area contributed by atoms with Gasteiger partial charge in [-0.1, -0.05) is 25.4 Å². The average Bonchev–Trinajstić information content (AvgIpc) is 2.57. The Morgan fingerprint density at radius 1 is 1.50 bits per heavy atom. The van der Waals surface area contributed by atoms with Crippen LogP contribution in [0.25, 0.3) is 0 Å². The summed E-state index contributed by atoms with van der Waals surface area (Å²) in [7, 11) is 1.88. The van der Waals surface area contributed by atoms with Crippen molar-refractivity contribution in [2.75, 3.05) is 13.1 Å². The van der Waals surface area contributed by atoms with Gasteiger partial charge in [-0.2, -0.15) is 5.10 Å². The number of aryl methyl sites for hydroxylation is 1. The standard InChI is InChI=1S/C13H22ClN3O/c1-9(2)12-11(13(14)16(3)15-12)8-17-6-4-5-10(18)7-17/h9-10,18H,4-8H2,1-3H3. The van der Waals surface area contributed by atoms with Crippen molar-refractivity contribution in [3.63, 3.8) is 0 Å². The largest absolute Gasteiger partial charge is 0.392 e. The number of aliphatic hydroxyl groups excluding tert-OH is 1. The fraction of sp³-hybridized carbons (Fsp3) is 0.769. The number of nitrogens with zero attached hydrogens (tertiary/aromatic N) is 3. The number of aliphatic hydroxyl groups is 1. The molecular formula is C13H22ClN3O. The molecule has 4 nitrogen and oxygen atoms in total. The molecule has 2 heterocycles. The molecule has 1 N–H and O–H groups in total. The summed E-state index contributed by atoms with van der Waals surface area (Å²) >= 11 is 6.32. The minimum absolute atomic E-state index is 0.198. The Hall–Kier alpha value is -0.580. The van der Waals surface area contributed by atoms with Crippen LogP contribution in [0.2, 0.25) is 5.15 Å². The second kappa shape index (κ2) is 5.59. The molecule has 1 saturated heterocycles. The fourth-order valence-corrected chi connectivity index (χ4v) is 2.77. The molecule has 18 heavy (non-hydrogen) atoms. The summed E-state index contributed by atoms with van der Waals surface area (Å²) in [5.41, 5.74) is 2.19. The summed E-state index contributed by atoms with van der Waals surface area (Å²) in [4.78, 5) is 2.27. The lowest BCUT2D eigenvalue weighted by Gasteiger charge is -2.30. The molecule has 0 aromatic carbocycles. The van der Waals surface area contributed by atoms with E-state index < -0.39 is 0 Å². The van der Waals surface area contributed by atoms with Crippen LogP contribution in [0.1, 0.15) is 43.9 Å². The highest BCUT2D eigenvalue weighted by Crippen LogP contribution is 2.27. The van der Waals surface area contributed by atoms with E-state index in [0.29, 0.717) is 5.92 Å². The Morgan fingerprint density at radius 2 is 2.22 bits per heavy atom. The smallest absolute Gasteiger partial charge is 0.131 e. The van der Waals surface area contributed by atoms with Gasteiger partial charge in [0.2, 0.25) is 0 Å². The number of rotatable bonds is 3. The molecule has 0 spiro atoms. The van der Waals surface area contributed by atoms with Crippen molar-refractivity contribution in [2.24, 2.45) is 7.05 Å². The van der Waals surface area contributed by atoms with Gasteiger partial charge in [0.05, 0.1) is 11.8 Å². The topological polar surface area (TPSA) is 41.3 Å². The predicted octanol–water partition coefficient (Wildman–Crippen LogP) is 2.15. The summed E-state index contributed by atoms with van der Waals surface area (Å²) < 4.78 is 1.74. The number of hydrogen-bond acceptors (Lipinski definition) is 3. The highest BCUT2D eigenvalue weighted by molar-refractivity contribution is 6.30. The minimum Gasteiger partial charge on any atom is -0.392 e. The molecule has 1 unspecified atom stereocenters. The Morgan fingerprint density at radius 3 is 2.83 bits per heavy atom. The Kier molecular flexibility index (Phi) is 4.30. The zero-order chi connectivity index (χ0) is 13.3. The van der Waals surface area contributed by atoms with Crippen molar-refractivity contribution in [2.45, 2.75) is 45.3 Å². The Bertz CT molecular complexity index is 417. The number of aromatic nitrogens is 2. The first-order chi connectivity index (χ1) is 8.49. The molecule has 1 aromatic heterocycles. The van der Waals surface area contributed by atoms with E-state index in [4.69, 9.17) is 11.6 Å². The maximum Gasteiger partial charge on any atom is 0.131 e. The van der Waals surface area contributed by atoms with E-state index in [1.807, 2.05) is 7.05 Å². The Labute approximate surface area is 114 Å². The van der Waals surface area contributed by atoms with Gasteiger partial charge in [0.1, 0.15) is 5.15 Å². The monoisotopic (exact) mass is 271 g/mol. The lowest BCUT2D eigenvalue weighted by Crippen LogP contribution is -2.37. The predicted molar refractivity (Wildman–Crippen MR) is 72.8 cm³/mol. The first-order valence-corrected chi connectivity index (χ1v) is 6.98. The van der Waals surface area contributed by atoms with Crippen LogP contribution < -0.4 is 0 Å². The van der Waals surface area contributed by atoms with E-state index >= 15 is 0 Å². The molecule has 1 aliphatic rings. The molecule has 0 radical (unpaired) electrons. The van der Waals surface area contributed by atoms with Gasteiger partial charge >= 0.3 is 0 Å². The second-order valence-electron chi connectivity index (χ2n) is 5.46. The lowest BCUT2D eigenvalue weighted by molar-refractivity contribution is 0.0667. The first kappa shape index (κ1) is 13.8. The van der Waals surface area contributed by atoms with E-state index in [1.54, 1.807) is 4.68 Å². The average molecular weight is 272 g/mol. The summed E-state index contributed by atoms with van der Waals surface area (Å²) in [5, 5.41) is 14.9. The molecule has 2 rings (SSSR count). The van der Waals surface area contributed by atoms with Crippen molar-refractivity contribution in [3.05, 3.63) is 16.4 Å². The molecular weight excluding hydrogens is 250 g/mol. The van der Waals surface area contributed by atoms with E-state index in [1.165, 1.54) is 0 Å². The van der Waals surface area contributed by atoms with Gasteiger partial charge in [0.25, 0.3) is 0 Å². The van der Waals surface area contributed by atoms with Crippen LogP contribution in [0.3, 0.4) is 0 Å². The van der Waals surface area contributed by atoms with Crippen LogP contribution >= 0.6 is 11.6 Å². The number of β-amino-alcohol motifs (C(OH)–C–C–N with tert-alkyl or cyclic N) is 1. The molecule has 1 fully saturated rings. The fourth-order valence-electron chi connectivity index (χ4n) is 2.58. The van der Waals surface area contributed by atoms with Crippen molar-refractivity contribution >= 4 is 11.6 Å². The zero-order valence-electron chi connectivity index (χ0n) is 11.4. The summed E-state index contributed by atoms with van der Waals surface area (Å²) in [6.45, 7) is 6.82. The van der Waals surface area contributed by atoms with Crippen molar-refractivity contribution in [1.29, 1.82) is 0 Å². The van der Waals surface area contributed by atoms with E-state index in [0.717, 1.165) is 48.9 Å². The van der Waals surface area contributed by atoms with E-state index in [9.17, 15) is 5.11 Å². The third kappa shape index (κ3) is 2.87. The molecule has 0 bridgehead atoms. The molecule has 0 saturated carbocycles. The SMILES string of the molecule is CC(C)c1nn(C)c(Cl)c1CN1CCCC(O)C1. The Balaban J connectivity index is 2.17. The molecule has 0 amide bonds. The summed E-state index contributed by atoms with van der Waals surface area (Å²) in [6, 6.07) is 0. The van der Waals surface area contributed by atoms with Gasteiger partial charge in [-0.3, -0.25) is 9.58 Å². The van der Waals surface area contributed by atoms with Gasteiger partial charge in [-0.15, -0.1) is 0 Å². The highest BCUT2D eigenvalue weighted by atomic mass is 35.5. The van der Waals surface area contributed by atoms with Crippen LogP contribution in [-0.4, -0.2) is 39.0 Å². The maximum atomic E-state index is 9.72. The van der Waals surface area contributed by atoms with Crippen LogP contribution in [0.4, 0.5) is 0 Å². The number of halogens is 1. The first-order valence-electron chi connectivity index (χ1n) is 6.60. The van der Waals surface area contributed by atoms with Gasteiger partial charge in [-0.25, -0.2) is 0 Å². The number of piperidine rings is 1. The second-order valence-corrected chi connectivity index (χ2v) is 5.82. The third-order valence-electron chi connectivity index (χ3n) is 3.51. The van der Waals surface area contributed by atoms with Crippen molar-refractivity contribution < 1.29 is 5.11 Å². The molecule has 1 atom stereocenters. The van der Waals surface area contributed by atoms with Gasteiger partial charge in [0, 0.05) is 25.7 Å². The molecule has 102 valence electrons. The summed E-state index contributed by atoms with van der Waals surface area (Å²) in [6.07, 6.45) is 1.77. The molecule has 1 aliphatic heterocycles. The van der Waals surface area contributed by atoms with Crippen LogP contribution in [0, 0.1) is 0 Å². The van der Waals surface area contributed by atoms with E-state index in [-0.39, 0.29) is 6.10 Å². The van der Waals surface area contributed by atoms with Crippen LogP contribution in [0.15, 0.2) is 0 Å². The lowest BCUT2D eigenvalue weighted by atomic mass is 10.0. The van der Waals surface area contributed by atoms with Gasteiger partial charge < -0.3 is 5.11 Å². The number of likely N-dealkylation sites (tertiary alicyclic amines) is 1. The third-order valence-corrected chi connectivity index (χ3v) is 3.98.